The molecule has 0 aliphatic heterocycles. The maximum Gasteiger partial charge on any atom is 0.0695 e. The number of hydrogen-bond acceptors (Lipinski definition) is 3. The van der Waals surface area contributed by atoms with Gasteiger partial charge in [0.05, 0.1) is 6.10 Å². The summed E-state index contributed by atoms with van der Waals surface area (Å²) in [7, 11) is 8.13. The Morgan fingerprint density at radius 1 is 1.15 bits per heavy atom. The Hall–Kier alpha value is -0.120. The molecule has 0 heterocycles. The number of nitrogens with zero attached hydrogens (tertiary/aromatic N) is 2. The lowest BCUT2D eigenvalue weighted by molar-refractivity contribution is 0.0675. The van der Waals surface area contributed by atoms with Gasteiger partial charge in [-0.25, -0.2) is 0 Å². The molecule has 13 heavy (non-hydrogen) atoms. The molecule has 0 spiro atoms. The third-order valence-corrected chi connectivity index (χ3v) is 2.23. The monoisotopic (exact) mass is 188 g/mol. The van der Waals surface area contributed by atoms with E-state index in [-0.39, 0.29) is 0 Å². The first-order chi connectivity index (χ1) is 6.10. The summed E-state index contributed by atoms with van der Waals surface area (Å²) in [5.74, 6) is 0. The van der Waals surface area contributed by atoms with Gasteiger partial charge in [0.15, 0.2) is 0 Å². The van der Waals surface area contributed by atoms with Crippen LogP contribution < -0.4 is 0 Å². The summed E-state index contributed by atoms with van der Waals surface area (Å²) >= 11 is 0. The van der Waals surface area contributed by atoms with Crippen LogP contribution in [-0.4, -0.2) is 63.8 Å². The van der Waals surface area contributed by atoms with E-state index in [9.17, 15) is 0 Å². The van der Waals surface area contributed by atoms with Crippen LogP contribution in [0.5, 0.6) is 0 Å². The van der Waals surface area contributed by atoms with Crippen molar-refractivity contribution in [3.63, 3.8) is 0 Å². The largest absolute Gasteiger partial charge is 0.380 e. The van der Waals surface area contributed by atoms with Crippen LogP contribution >= 0.6 is 0 Å². The fourth-order valence-corrected chi connectivity index (χ4v) is 1.18. The lowest BCUT2D eigenvalue weighted by Gasteiger charge is -2.23. The first-order valence-electron chi connectivity index (χ1n) is 4.96. The molecule has 0 fully saturated rings. The second-order valence-corrected chi connectivity index (χ2v) is 3.83. The maximum atomic E-state index is 5.32. The zero-order chi connectivity index (χ0) is 10.3. The van der Waals surface area contributed by atoms with Crippen molar-refractivity contribution in [3.8, 4) is 0 Å². The average Bonchev–Trinajstić information content (AvgIpc) is 2.10. The minimum absolute atomic E-state index is 0.382. The van der Waals surface area contributed by atoms with Gasteiger partial charge in [-0.05, 0) is 27.6 Å². The van der Waals surface area contributed by atoms with Crippen molar-refractivity contribution in [3.05, 3.63) is 0 Å². The van der Waals surface area contributed by atoms with Gasteiger partial charge < -0.3 is 14.5 Å². The lowest BCUT2D eigenvalue weighted by atomic mass is 10.2. The third kappa shape index (κ3) is 6.99. The predicted molar refractivity (Wildman–Crippen MR) is 57.1 cm³/mol. The summed E-state index contributed by atoms with van der Waals surface area (Å²) in [6, 6.07) is 0. The van der Waals surface area contributed by atoms with Crippen LogP contribution in [0.15, 0.2) is 0 Å². The Bertz CT molecular complexity index is 113. The normalized spacial score (nSPS) is 14.1. The molecule has 0 saturated carbocycles. The van der Waals surface area contributed by atoms with Gasteiger partial charge >= 0.3 is 0 Å². The minimum Gasteiger partial charge on any atom is -0.380 e. The van der Waals surface area contributed by atoms with Gasteiger partial charge in [-0.1, -0.05) is 6.92 Å². The quantitative estimate of drug-likeness (QED) is 0.590. The van der Waals surface area contributed by atoms with Gasteiger partial charge in [0.1, 0.15) is 0 Å². The molecule has 0 amide bonds. The molecule has 0 bridgehead atoms. The van der Waals surface area contributed by atoms with E-state index in [0.717, 1.165) is 26.1 Å². The van der Waals surface area contributed by atoms with E-state index in [1.807, 2.05) is 0 Å². The van der Waals surface area contributed by atoms with Crippen LogP contribution in [0.2, 0.25) is 0 Å². The highest BCUT2D eigenvalue weighted by molar-refractivity contribution is 4.61. The second-order valence-electron chi connectivity index (χ2n) is 3.83. The molecule has 0 radical (unpaired) electrons. The molecule has 1 unspecified atom stereocenters. The molecule has 0 aromatic rings. The molecule has 0 aromatic heterocycles. The molecule has 0 rings (SSSR count). The molecule has 0 aliphatic rings. The van der Waals surface area contributed by atoms with Crippen molar-refractivity contribution in [2.75, 3.05) is 47.9 Å². The van der Waals surface area contributed by atoms with Gasteiger partial charge in [0.2, 0.25) is 0 Å². The smallest absolute Gasteiger partial charge is 0.0695 e. The van der Waals surface area contributed by atoms with E-state index in [4.69, 9.17) is 4.74 Å². The van der Waals surface area contributed by atoms with E-state index >= 15 is 0 Å². The summed E-state index contributed by atoms with van der Waals surface area (Å²) in [4.78, 5) is 4.52. The topological polar surface area (TPSA) is 15.7 Å². The highest BCUT2D eigenvalue weighted by Crippen LogP contribution is 1.98. The Kier molecular flexibility index (Phi) is 7.23. The SMILES string of the molecule is CCC(CN(C)CCN(C)C)OC. The van der Waals surface area contributed by atoms with Gasteiger partial charge in [-0.3, -0.25) is 0 Å². The van der Waals surface area contributed by atoms with Crippen molar-refractivity contribution >= 4 is 0 Å². The second kappa shape index (κ2) is 7.30. The third-order valence-electron chi connectivity index (χ3n) is 2.23. The van der Waals surface area contributed by atoms with Crippen LogP contribution in [0.1, 0.15) is 13.3 Å². The molecule has 3 nitrogen and oxygen atoms in total. The van der Waals surface area contributed by atoms with E-state index in [1.165, 1.54) is 0 Å². The number of methoxy groups -OCH3 is 1. The standard InChI is InChI=1S/C10H24N2O/c1-6-10(13-5)9-12(4)8-7-11(2)3/h10H,6-9H2,1-5H3. The highest BCUT2D eigenvalue weighted by atomic mass is 16.5. The van der Waals surface area contributed by atoms with Gasteiger partial charge in [0, 0.05) is 26.7 Å². The van der Waals surface area contributed by atoms with E-state index < -0.39 is 0 Å². The zero-order valence-electron chi connectivity index (χ0n) is 9.71. The molecule has 1 atom stereocenters. The lowest BCUT2D eigenvalue weighted by Crippen LogP contribution is -2.34. The molecule has 0 aliphatic carbocycles. The van der Waals surface area contributed by atoms with Crippen LogP contribution in [-0.2, 0) is 4.74 Å². The number of likely N-dealkylation sites (N-methyl/N-ethyl adjacent to an activating group) is 2. The van der Waals surface area contributed by atoms with Crippen molar-refractivity contribution in [1.29, 1.82) is 0 Å². The molecule has 0 aromatic carbocycles. The average molecular weight is 188 g/mol. The maximum absolute atomic E-state index is 5.32. The number of ether oxygens (including phenoxy) is 1. The Morgan fingerprint density at radius 2 is 1.77 bits per heavy atom. The summed E-state index contributed by atoms with van der Waals surface area (Å²) in [5.41, 5.74) is 0. The Morgan fingerprint density at radius 3 is 2.15 bits per heavy atom. The van der Waals surface area contributed by atoms with Crippen LogP contribution in [0.25, 0.3) is 0 Å². The zero-order valence-corrected chi connectivity index (χ0v) is 9.71. The predicted octanol–water partition coefficient (Wildman–Crippen LogP) is 0.905. The first kappa shape index (κ1) is 12.9. The molecule has 0 N–H and O–H groups in total. The van der Waals surface area contributed by atoms with Crippen LogP contribution in [0, 0.1) is 0 Å². The summed E-state index contributed by atoms with van der Waals surface area (Å²) in [6.45, 7) is 5.40. The molecule has 3 heteroatoms. The van der Waals surface area contributed by atoms with Gasteiger partial charge in [-0.2, -0.15) is 0 Å². The van der Waals surface area contributed by atoms with Crippen molar-refractivity contribution in [1.82, 2.24) is 9.80 Å². The fourth-order valence-electron chi connectivity index (χ4n) is 1.18. The number of hydrogen-bond donors (Lipinski definition) is 0. The summed E-state index contributed by atoms with van der Waals surface area (Å²) in [5, 5.41) is 0. The molecular weight excluding hydrogens is 164 g/mol. The van der Waals surface area contributed by atoms with Crippen molar-refractivity contribution < 1.29 is 4.74 Å². The van der Waals surface area contributed by atoms with E-state index in [2.05, 4.69) is 37.9 Å². The minimum atomic E-state index is 0.382. The van der Waals surface area contributed by atoms with Crippen LogP contribution in [0.3, 0.4) is 0 Å². The first-order valence-corrected chi connectivity index (χ1v) is 4.96. The Balaban J connectivity index is 3.53. The van der Waals surface area contributed by atoms with Gasteiger partial charge in [0.25, 0.3) is 0 Å². The summed E-state index contributed by atoms with van der Waals surface area (Å²) in [6.07, 6.45) is 1.47. The Labute approximate surface area is 82.7 Å². The van der Waals surface area contributed by atoms with Gasteiger partial charge in [-0.15, -0.1) is 0 Å². The van der Waals surface area contributed by atoms with Crippen molar-refractivity contribution in [2.24, 2.45) is 0 Å². The van der Waals surface area contributed by atoms with E-state index in [0.29, 0.717) is 6.10 Å². The summed E-state index contributed by atoms with van der Waals surface area (Å²) < 4.78 is 5.32. The molecule has 0 saturated heterocycles. The fraction of sp³-hybridized carbons (Fsp3) is 1.00. The molecular formula is C10H24N2O. The number of rotatable bonds is 7. The van der Waals surface area contributed by atoms with E-state index in [1.54, 1.807) is 7.11 Å². The van der Waals surface area contributed by atoms with Crippen LogP contribution in [0.4, 0.5) is 0 Å². The highest BCUT2D eigenvalue weighted by Gasteiger charge is 2.07. The molecule has 80 valence electrons. The van der Waals surface area contributed by atoms with Crippen molar-refractivity contribution in [2.45, 2.75) is 19.4 Å².